The Kier molecular flexibility index (Phi) is 4.70. The number of hydrogen-bond donors (Lipinski definition) is 2. The highest BCUT2D eigenvalue weighted by Gasteiger charge is 2.10. The van der Waals surface area contributed by atoms with E-state index in [1.807, 2.05) is 36.4 Å². The van der Waals surface area contributed by atoms with Crippen molar-refractivity contribution in [1.82, 2.24) is 9.88 Å². The first kappa shape index (κ1) is 14.5. The number of nitrogens with zero attached hydrogens (tertiary/aromatic N) is 2. The summed E-state index contributed by atoms with van der Waals surface area (Å²) in [5.41, 5.74) is 7.99. The van der Waals surface area contributed by atoms with Crippen LogP contribution in [0.3, 0.4) is 0 Å². The maximum Gasteiger partial charge on any atom is 0.238 e. The van der Waals surface area contributed by atoms with Gasteiger partial charge in [-0.15, -0.1) is 11.3 Å². The van der Waals surface area contributed by atoms with Crippen LogP contribution in [0.4, 0.5) is 11.4 Å². The molecule has 2 rings (SSSR count). The van der Waals surface area contributed by atoms with E-state index in [0.29, 0.717) is 24.5 Å². The summed E-state index contributed by atoms with van der Waals surface area (Å²) in [4.78, 5) is 18.2. The van der Waals surface area contributed by atoms with Crippen LogP contribution in [0.15, 0.2) is 29.6 Å². The third kappa shape index (κ3) is 4.04. The van der Waals surface area contributed by atoms with Gasteiger partial charge in [0.25, 0.3) is 0 Å². The van der Waals surface area contributed by atoms with Crippen molar-refractivity contribution in [2.24, 2.45) is 0 Å². The molecule has 0 spiro atoms. The lowest BCUT2D eigenvalue weighted by Gasteiger charge is -2.15. The Morgan fingerprint density at radius 3 is 2.85 bits per heavy atom. The van der Waals surface area contributed by atoms with Crippen LogP contribution in [0.25, 0.3) is 0 Å². The number of aromatic nitrogens is 1. The predicted octanol–water partition coefficient (Wildman–Crippen LogP) is 2.10. The summed E-state index contributed by atoms with van der Waals surface area (Å²) in [5, 5.41) is 5.86. The summed E-state index contributed by atoms with van der Waals surface area (Å²) in [6.07, 6.45) is 0. The molecule has 1 aromatic carbocycles. The van der Waals surface area contributed by atoms with Crippen molar-refractivity contribution >= 4 is 28.6 Å². The number of thiazole rings is 1. The van der Waals surface area contributed by atoms with Gasteiger partial charge in [-0.2, -0.15) is 0 Å². The second-order valence-corrected chi connectivity index (χ2v) is 5.73. The zero-order chi connectivity index (χ0) is 14.5. The van der Waals surface area contributed by atoms with Gasteiger partial charge in [0, 0.05) is 11.9 Å². The van der Waals surface area contributed by atoms with Crippen LogP contribution in [0.1, 0.15) is 10.7 Å². The zero-order valence-electron chi connectivity index (χ0n) is 11.6. The minimum absolute atomic E-state index is 0.0858. The van der Waals surface area contributed by atoms with E-state index in [4.69, 9.17) is 5.73 Å². The van der Waals surface area contributed by atoms with Crippen LogP contribution in [-0.4, -0.2) is 29.4 Å². The Labute approximate surface area is 122 Å². The average Bonchev–Trinajstić information content (AvgIpc) is 2.77. The number of nitrogen functional groups attached to an aromatic ring is 1. The van der Waals surface area contributed by atoms with Gasteiger partial charge < -0.3 is 11.1 Å². The van der Waals surface area contributed by atoms with E-state index in [1.54, 1.807) is 23.5 Å². The number of aryl methyl sites for hydroxylation is 1. The lowest BCUT2D eigenvalue weighted by Crippen LogP contribution is -2.30. The van der Waals surface area contributed by atoms with Gasteiger partial charge in [0.05, 0.1) is 28.6 Å². The standard InChI is InChI=1S/C14H18N4OS/c1-10-16-11(9-20-10)7-18(2)8-14(19)17-13-6-4-3-5-12(13)15/h3-6,9H,7-8,15H2,1-2H3,(H,17,19). The maximum atomic E-state index is 11.9. The number of anilines is 2. The molecular weight excluding hydrogens is 272 g/mol. The highest BCUT2D eigenvalue weighted by Crippen LogP contribution is 2.16. The normalized spacial score (nSPS) is 10.8. The number of benzene rings is 1. The number of nitrogens with one attached hydrogen (secondary N) is 1. The number of para-hydroxylation sites is 2. The van der Waals surface area contributed by atoms with Crippen molar-refractivity contribution in [3.8, 4) is 0 Å². The van der Waals surface area contributed by atoms with Crippen LogP contribution in [-0.2, 0) is 11.3 Å². The Bertz CT molecular complexity index is 596. The fraction of sp³-hybridized carbons (Fsp3) is 0.286. The van der Waals surface area contributed by atoms with Crippen molar-refractivity contribution in [2.75, 3.05) is 24.6 Å². The van der Waals surface area contributed by atoms with E-state index in [2.05, 4.69) is 10.3 Å². The van der Waals surface area contributed by atoms with Crippen molar-refractivity contribution in [3.63, 3.8) is 0 Å². The molecule has 0 fully saturated rings. The number of hydrogen-bond acceptors (Lipinski definition) is 5. The minimum atomic E-state index is -0.0858. The molecule has 0 bridgehead atoms. The number of carbonyl (C=O) groups is 1. The van der Waals surface area contributed by atoms with E-state index in [1.165, 1.54) is 0 Å². The Hall–Kier alpha value is -1.92. The molecule has 1 amide bonds. The molecule has 0 aliphatic rings. The number of likely N-dealkylation sites (N-methyl/N-ethyl adjacent to an activating group) is 1. The van der Waals surface area contributed by atoms with Gasteiger partial charge in [0.15, 0.2) is 0 Å². The summed E-state index contributed by atoms with van der Waals surface area (Å²) in [6, 6.07) is 7.23. The van der Waals surface area contributed by atoms with Gasteiger partial charge in [-0.25, -0.2) is 4.98 Å². The van der Waals surface area contributed by atoms with E-state index < -0.39 is 0 Å². The molecule has 0 saturated carbocycles. The Morgan fingerprint density at radius 2 is 2.20 bits per heavy atom. The highest BCUT2D eigenvalue weighted by atomic mass is 32.1. The molecular formula is C14H18N4OS. The molecule has 106 valence electrons. The second-order valence-electron chi connectivity index (χ2n) is 4.67. The lowest BCUT2D eigenvalue weighted by atomic mass is 10.2. The quantitative estimate of drug-likeness (QED) is 0.827. The molecule has 6 heteroatoms. The average molecular weight is 290 g/mol. The van der Waals surface area contributed by atoms with Crippen molar-refractivity contribution in [3.05, 3.63) is 40.3 Å². The molecule has 1 heterocycles. The van der Waals surface area contributed by atoms with E-state index >= 15 is 0 Å². The summed E-state index contributed by atoms with van der Waals surface area (Å²) >= 11 is 1.61. The Morgan fingerprint density at radius 1 is 1.45 bits per heavy atom. The van der Waals surface area contributed by atoms with Gasteiger partial charge in [-0.05, 0) is 26.1 Å². The molecule has 0 unspecified atom stereocenters. The maximum absolute atomic E-state index is 11.9. The van der Waals surface area contributed by atoms with Gasteiger partial charge in [0.1, 0.15) is 0 Å². The number of carbonyl (C=O) groups excluding carboxylic acids is 1. The molecule has 1 aromatic heterocycles. The molecule has 0 aliphatic carbocycles. The van der Waals surface area contributed by atoms with Crippen molar-refractivity contribution in [1.29, 1.82) is 0 Å². The molecule has 0 saturated heterocycles. The summed E-state index contributed by atoms with van der Waals surface area (Å²) in [6.45, 7) is 2.92. The summed E-state index contributed by atoms with van der Waals surface area (Å²) in [7, 11) is 1.89. The molecule has 20 heavy (non-hydrogen) atoms. The van der Waals surface area contributed by atoms with Gasteiger partial charge in [-0.1, -0.05) is 12.1 Å². The Balaban J connectivity index is 1.86. The monoisotopic (exact) mass is 290 g/mol. The van der Waals surface area contributed by atoms with Crippen LogP contribution < -0.4 is 11.1 Å². The smallest absolute Gasteiger partial charge is 0.238 e. The van der Waals surface area contributed by atoms with Gasteiger partial charge >= 0.3 is 0 Å². The minimum Gasteiger partial charge on any atom is -0.397 e. The molecule has 0 aliphatic heterocycles. The van der Waals surface area contributed by atoms with Crippen LogP contribution in [0.2, 0.25) is 0 Å². The zero-order valence-corrected chi connectivity index (χ0v) is 12.4. The SMILES string of the molecule is Cc1nc(CN(C)CC(=O)Nc2ccccc2N)cs1. The summed E-state index contributed by atoms with van der Waals surface area (Å²) in [5.74, 6) is -0.0858. The second kappa shape index (κ2) is 6.49. The van der Waals surface area contributed by atoms with Gasteiger partial charge in [-0.3, -0.25) is 9.69 Å². The fourth-order valence-electron chi connectivity index (χ4n) is 1.86. The first-order chi connectivity index (χ1) is 9.54. The van der Waals surface area contributed by atoms with E-state index in [-0.39, 0.29) is 5.91 Å². The van der Waals surface area contributed by atoms with Crippen LogP contribution >= 0.6 is 11.3 Å². The highest BCUT2D eigenvalue weighted by molar-refractivity contribution is 7.09. The van der Waals surface area contributed by atoms with Gasteiger partial charge in [0.2, 0.25) is 5.91 Å². The first-order valence-corrected chi connectivity index (χ1v) is 7.16. The number of amides is 1. The number of nitrogens with two attached hydrogens (primary N) is 1. The summed E-state index contributed by atoms with van der Waals surface area (Å²) < 4.78 is 0. The lowest BCUT2D eigenvalue weighted by molar-refractivity contribution is -0.117. The van der Waals surface area contributed by atoms with E-state index in [0.717, 1.165) is 10.7 Å². The predicted molar refractivity (Wildman–Crippen MR) is 82.7 cm³/mol. The molecule has 0 atom stereocenters. The molecule has 0 radical (unpaired) electrons. The molecule has 2 aromatic rings. The van der Waals surface area contributed by atoms with Crippen molar-refractivity contribution < 1.29 is 4.79 Å². The largest absolute Gasteiger partial charge is 0.397 e. The molecule has 3 N–H and O–H groups in total. The fourth-order valence-corrected chi connectivity index (χ4v) is 2.46. The van der Waals surface area contributed by atoms with Crippen LogP contribution in [0, 0.1) is 6.92 Å². The van der Waals surface area contributed by atoms with E-state index in [9.17, 15) is 4.79 Å². The third-order valence-corrected chi connectivity index (χ3v) is 3.57. The van der Waals surface area contributed by atoms with Crippen molar-refractivity contribution in [2.45, 2.75) is 13.5 Å². The third-order valence-electron chi connectivity index (χ3n) is 2.75. The number of rotatable bonds is 5. The van der Waals surface area contributed by atoms with Crippen LogP contribution in [0.5, 0.6) is 0 Å². The topological polar surface area (TPSA) is 71.2 Å². The molecule has 5 nitrogen and oxygen atoms in total. The first-order valence-electron chi connectivity index (χ1n) is 6.28.